The smallest absolute Gasteiger partial charge is 0.226 e. The summed E-state index contributed by atoms with van der Waals surface area (Å²) in [5, 5.41) is 14.0. The Kier molecular flexibility index (Phi) is 4.95. The maximum Gasteiger partial charge on any atom is 0.226 e. The zero-order chi connectivity index (χ0) is 20.6. The van der Waals surface area contributed by atoms with Crippen molar-refractivity contribution in [2.24, 2.45) is 5.92 Å². The number of nitrogens with one attached hydrogen (secondary N) is 1. The Hall–Kier alpha value is -3.19. The lowest BCUT2D eigenvalue weighted by Crippen LogP contribution is -2.39. The van der Waals surface area contributed by atoms with Gasteiger partial charge in [-0.1, -0.05) is 38.1 Å². The van der Waals surface area contributed by atoms with Gasteiger partial charge in [-0.05, 0) is 6.07 Å². The molecule has 0 atom stereocenters. The van der Waals surface area contributed by atoms with Gasteiger partial charge in [0.2, 0.25) is 23.1 Å². The molecule has 0 unspecified atom stereocenters. The van der Waals surface area contributed by atoms with E-state index >= 15 is 0 Å². The van der Waals surface area contributed by atoms with Crippen molar-refractivity contribution in [3.8, 4) is 11.5 Å². The molecule has 0 bridgehead atoms. The SMILES string of the molecule is COc1cc(NC(=O)C(C)C)c(C2(O)C(=O)c3ccccc3C2=O)cc1OC. The quantitative estimate of drug-likeness (QED) is 0.770. The maximum absolute atomic E-state index is 13.0. The number of benzene rings is 2. The van der Waals surface area contributed by atoms with Gasteiger partial charge in [0.1, 0.15) is 0 Å². The fourth-order valence-corrected chi connectivity index (χ4v) is 3.18. The van der Waals surface area contributed by atoms with E-state index in [2.05, 4.69) is 5.32 Å². The molecule has 0 spiro atoms. The number of ketones is 2. The minimum Gasteiger partial charge on any atom is -0.493 e. The van der Waals surface area contributed by atoms with Crippen molar-refractivity contribution in [2.45, 2.75) is 19.4 Å². The van der Waals surface area contributed by atoms with Crippen molar-refractivity contribution in [2.75, 3.05) is 19.5 Å². The predicted octanol–water partition coefficient (Wildman–Crippen LogP) is 2.57. The summed E-state index contributed by atoms with van der Waals surface area (Å²) in [6.45, 7) is 3.40. The van der Waals surface area contributed by atoms with Gasteiger partial charge in [-0.3, -0.25) is 14.4 Å². The number of hydrogen-bond donors (Lipinski definition) is 2. The molecule has 0 radical (unpaired) electrons. The fraction of sp³-hybridized carbons (Fsp3) is 0.286. The molecule has 7 nitrogen and oxygen atoms in total. The molecular weight excluding hydrogens is 362 g/mol. The summed E-state index contributed by atoms with van der Waals surface area (Å²) in [6.07, 6.45) is 0. The molecule has 7 heteroatoms. The molecular formula is C21H21NO6. The van der Waals surface area contributed by atoms with E-state index in [-0.39, 0.29) is 45.7 Å². The summed E-state index contributed by atoms with van der Waals surface area (Å²) >= 11 is 0. The summed E-state index contributed by atoms with van der Waals surface area (Å²) in [4.78, 5) is 38.3. The molecule has 2 aromatic rings. The van der Waals surface area contributed by atoms with E-state index in [0.29, 0.717) is 0 Å². The number of Topliss-reactive ketones (excluding diaryl/α,β-unsaturated/α-hetero) is 2. The number of ether oxygens (including phenoxy) is 2. The number of carbonyl (C=O) groups excluding carboxylic acids is 3. The molecule has 1 aliphatic rings. The van der Waals surface area contributed by atoms with Gasteiger partial charge in [0.15, 0.2) is 11.5 Å². The molecule has 0 aliphatic heterocycles. The molecule has 0 saturated carbocycles. The monoisotopic (exact) mass is 383 g/mol. The first-order valence-electron chi connectivity index (χ1n) is 8.74. The molecule has 1 aliphatic carbocycles. The van der Waals surface area contributed by atoms with Gasteiger partial charge in [-0.15, -0.1) is 0 Å². The Morgan fingerprint density at radius 3 is 1.96 bits per heavy atom. The Balaban J connectivity index is 2.24. The van der Waals surface area contributed by atoms with Crippen LogP contribution in [0.5, 0.6) is 11.5 Å². The van der Waals surface area contributed by atoms with Crippen LogP contribution >= 0.6 is 0 Å². The van der Waals surface area contributed by atoms with Crippen LogP contribution in [0.15, 0.2) is 36.4 Å². The first kappa shape index (κ1) is 19.6. The maximum atomic E-state index is 13.0. The molecule has 0 saturated heterocycles. The number of methoxy groups -OCH3 is 2. The summed E-state index contributed by atoms with van der Waals surface area (Å²) in [6, 6.07) is 8.98. The Labute approximate surface area is 162 Å². The molecule has 0 fully saturated rings. The minimum atomic E-state index is -2.47. The third kappa shape index (κ3) is 2.84. The number of carbonyl (C=O) groups is 3. The van der Waals surface area contributed by atoms with Crippen LogP contribution in [0.4, 0.5) is 5.69 Å². The van der Waals surface area contributed by atoms with E-state index in [1.807, 2.05) is 0 Å². The van der Waals surface area contributed by atoms with Crippen LogP contribution < -0.4 is 14.8 Å². The van der Waals surface area contributed by atoms with Gasteiger partial charge in [0.25, 0.3) is 0 Å². The lowest BCUT2D eigenvalue weighted by molar-refractivity contribution is -0.118. The standard InChI is InChI=1S/C21H21NO6/c1-11(2)20(25)22-15-10-17(28-4)16(27-3)9-14(15)21(26)18(23)12-7-5-6-8-13(12)19(21)24/h5-11,26H,1-4H3,(H,22,25). The highest BCUT2D eigenvalue weighted by atomic mass is 16.5. The number of anilines is 1. The number of rotatable bonds is 5. The lowest BCUT2D eigenvalue weighted by atomic mass is 9.87. The molecule has 1 amide bonds. The Morgan fingerprint density at radius 2 is 1.50 bits per heavy atom. The van der Waals surface area contributed by atoms with Gasteiger partial charge in [0, 0.05) is 28.7 Å². The van der Waals surface area contributed by atoms with Crippen LogP contribution in [0, 0.1) is 5.92 Å². The van der Waals surface area contributed by atoms with E-state index in [9.17, 15) is 19.5 Å². The van der Waals surface area contributed by atoms with Crippen molar-refractivity contribution in [1.82, 2.24) is 0 Å². The molecule has 2 N–H and O–H groups in total. The third-order valence-electron chi connectivity index (χ3n) is 4.77. The van der Waals surface area contributed by atoms with Crippen LogP contribution in [0.25, 0.3) is 0 Å². The molecule has 28 heavy (non-hydrogen) atoms. The average molecular weight is 383 g/mol. The fourth-order valence-electron chi connectivity index (χ4n) is 3.18. The summed E-state index contributed by atoms with van der Waals surface area (Å²) in [5.74, 6) is -1.70. The van der Waals surface area contributed by atoms with Crippen molar-refractivity contribution >= 4 is 23.2 Å². The van der Waals surface area contributed by atoms with Gasteiger partial charge < -0.3 is 19.9 Å². The van der Waals surface area contributed by atoms with Crippen LogP contribution in [-0.4, -0.2) is 36.8 Å². The predicted molar refractivity (Wildman–Crippen MR) is 102 cm³/mol. The van der Waals surface area contributed by atoms with Crippen LogP contribution in [0.1, 0.15) is 40.1 Å². The van der Waals surface area contributed by atoms with Gasteiger partial charge in [-0.25, -0.2) is 0 Å². The topological polar surface area (TPSA) is 102 Å². The highest BCUT2D eigenvalue weighted by molar-refractivity contribution is 6.32. The lowest BCUT2D eigenvalue weighted by Gasteiger charge is -2.25. The Morgan fingerprint density at radius 1 is 1.00 bits per heavy atom. The second-order valence-electron chi connectivity index (χ2n) is 6.81. The highest BCUT2D eigenvalue weighted by Gasteiger charge is 2.54. The van der Waals surface area contributed by atoms with E-state index in [0.717, 1.165) is 0 Å². The largest absolute Gasteiger partial charge is 0.493 e. The minimum absolute atomic E-state index is 0.0645. The first-order chi connectivity index (χ1) is 13.2. The van der Waals surface area contributed by atoms with Crippen LogP contribution in [0.2, 0.25) is 0 Å². The first-order valence-corrected chi connectivity index (χ1v) is 8.74. The number of hydrogen-bond acceptors (Lipinski definition) is 6. The van der Waals surface area contributed by atoms with Gasteiger partial charge in [-0.2, -0.15) is 0 Å². The molecule has 146 valence electrons. The van der Waals surface area contributed by atoms with Crippen LogP contribution in [-0.2, 0) is 10.4 Å². The third-order valence-corrected chi connectivity index (χ3v) is 4.77. The normalized spacial score (nSPS) is 14.8. The van der Waals surface area contributed by atoms with Crippen molar-refractivity contribution in [3.63, 3.8) is 0 Å². The number of fused-ring (bicyclic) bond motifs is 1. The van der Waals surface area contributed by atoms with Crippen molar-refractivity contribution in [1.29, 1.82) is 0 Å². The zero-order valence-corrected chi connectivity index (χ0v) is 16.0. The molecule has 3 rings (SSSR count). The van der Waals surface area contributed by atoms with Gasteiger partial charge >= 0.3 is 0 Å². The number of amides is 1. The van der Waals surface area contributed by atoms with Crippen molar-refractivity contribution < 1.29 is 29.0 Å². The van der Waals surface area contributed by atoms with E-state index in [1.54, 1.807) is 26.0 Å². The highest BCUT2D eigenvalue weighted by Crippen LogP contribution is 2.44. The second-order valence-corrected chi connectivity index (χ2v) is 6.81. The summed E-state index contributed by atoms with van der Waals surface area (Å²) in [7, 11) is 2.81. The zero-order valence-electron chi connectivity index (χ0n) is 16.0. The van der Waals surface area contributed by atoms with E-state index < -0.39 is 17.2 Å². The van der Waals surface area contributed by atoms with Gasteiger partial charge in [0.05, 0.1) is 19.9 Å². The summed E-state index contributed by atoms with van der Waals surface area (Å²) in [5.41, 5.74) is -2.17. The second kappa shape index (κ2) is 7.09. The molecule has 2 aromatic carbocycles. The average Bonchev–Trinajstić information content (AvgIpc) is 2.89. The van der Waals surface area contributed by atoms with E-state index in [1.165, 1.54) is 38.5 Å². The molecule has 0 aromatic heterocycles. The Bertz CT molecular complexity index is 944. The van der Waals surface area contributed by atoms with Crippen LogP contribution in [0.3, 0.4) is 0 Å². The number of aliphatic hydroxyl groups is 1. The van der Waals surface area contributed by atoms with E-state index in [4.69, 9.17) is 9.47 Å². The van der Waals surface area contributed by atoms with Crippen molar-refractivity contribution in [3.05, 3.63) is 53.1 Å². The summed E-state index contributed by atoms with van der Waals surface area (Å²) < 4.78 is 10.5. The molecule has 0 heterocycles.